The maximum Gasteiger partial charge on any atom is 0.311 e. The summed E-state index contributed by atoms with van der Waals surface area (Å²) < 4.78 is 13.7. The van der Waals surface area contributed by atoms with Gasteiger partial charge in [0.05, 0.1) is 4.92 Å². The van der Waals surface area contributed by atoms with E-state index >= 15 is 0 Å². The number of hydrogen-bond acceptors (Lipinski definition) is 5. The molecule has 1 aliphatic rings. The van der Waals surface area contributed by atoms with Crippen LogP contribution in [0, 0.1) is 15.9 Å². The van der Waals surface area contributed by atoms with Gasteiger partial charge in [0.2, 0.25) is 5.82 Å². The quantitative estimate of drug-likeness (QED) is 0.640. The summed E-state index contributed by atoms with van der Waals surface area (Å²) in [5, 5.41) is 11.1. The van der Waals surface area contributed by atoms with E-state index in [-0.39, 0.29) is 11.5 Å². The Morgan fingerprint density at radius 2 is 1.87 bits per heavy atom. The molecule has 0 bridgehead atoms. The Kier molecular flexibility index (Phi) is 4.47. The first-order chi connectivity index (χ1) is 11.1. The van der Waals surface area contributed by atoms with Crippen LogP contribution in [0.3, 0.4) is 0 Å². The molecule has 0 radical (unpaired) electrons. The fourth-order valence-corrected chi connectivity index (χ4v) is 2.76. The minimum Gasteiger partial charge on any atom is -0.348 e. The topological polar surface area (TPSA) is 62.5 Å². The zero-order valence-electron chi connectivity index (χ0n) is 12.6. The van der Waals surface area contributed by atoms with Gasteiger partial charge in [-0.05, 0) is 12.1 Å². The predicted molar refractivity (Wildman–Crippen MR) is 84.8 cm³/mol. The van der Waals surface area contributed by atoms with Crippen LogP contribution in [0.1, 0.15) is 5.56 Å². The third kappa shape index (κ3) is 3.45. The third-order valence-electron chi connectivity index (χ3n) is 3.99. The number of halogens is 1. The third-order valence-corrected chi connectivity index (χ3v) is 3.99. The first-order valence-electron chi connectivity index (χ1n) is 7.45. The molecule has 0 saturated carbocycles. The summed E-state index contributed by atoms with van der Waals surface area (Å²) in [5.41, 5.74) is 0.694. The van der Waals surface area contributed by atoms with Gasteiger partial charge in [0.1, 0.15) is 5.82 Å². The van der Waals surface area contributed by atoms with Gasteiger partial charge in [0.25, 0.3) is 0 Å². The Morgan fingerprint density at radius 1 is 1.13 bits per heavy atom. The molecule has 23 heavy (non-hydrogen) atoms. The highest BCUT2D eigenvalue weighted by atomic mass is 19.1. The van der Waals surface area contributed by atoms with Crippen LogP contribution in [0.2, 0.25) is 0 Å². The van der Waals surface area contributed by atoms with Crippen molar-refractivity contribution in [1.29, 1.82) is 0 Å². The smallest absolute Gasteiger partial charge is 0.311 e. The second-order valence-electron chi connectivity index (χ2n) is 5.46. The number of aromatic nitrogens is 1. The van der Waals surface area contributed by atoms with Crippen LogP contribution in [-0.2, 0) is 6.54 Å². The van der Waals surface area contributed by atoms with Crippen molar-refractivity contribution in [2.24, 2.45) is 0 Å². The van der Waals surface area contributed by atoms with Gasteiger partial charge >= 0.3 is 5.69 Å². The minimum atomic E-state index is -0.409. The summed E-state index contributed by atoms with van der Waals surface area (Å²) in [5.74, 6) is 0.207. The summed E-state index contributed by atoms with van der Waals surface area (Å²) in [7, 11) is 0. The molecule has 1 fully saturated rings. The van der Waals surface area contributed by atoms with Crippen molar-refractivity contribution in [1.82, 2.24) is 9.88 Å². The van der Waals surface area contributed by atoms with E-state index < -0.39 is 4.92 Å². The summed E-state index contributed by atoms with van der Waals surface area (Å²) in [6.45, 7) is 3.23. The number of rotatable bonds is 4. The number of piperazine rings is 1. The predicted octanol–water partition coefficient (Wildman–Crippen LogP) is 2.45. The Morgan fingerprint density at radius 3 is 2.57 bits per heavy atom. The number of pyridine rings is 1. The summed E-state index contributed by atoms with van der Waals surface area (Å²) in [6, 6.07) is 9.78. The first kappa shape index (κ1) is 15.4. The molecule has 1 aliphatic heterocycles. The van der Waals surface area contributed by atoms with Crippen molar-refractivity contribution in [2.45, 2.75) is 6.54 Å². The van der Waals surface area contributed by atoms with Gasteiger partial charge in [0, 0.05) is 50.6 Å². The SMILES string of the molecule is O=[N+]([O-])c1cccnc1N1CCN(Cc2ccccc2F)CC1. The Bertz CT molecular complexity index is 702. The fourth-order valence-electron chi connectivity index (χ4n) is 2.76. The first-order valence-corrected chi connectivity index (χ1v) is 7.45. The number of nitro groups is 1. The van der Waals surface area contributed by atoms with Crippen molar-refractivity contribution in [3.05, 3.63) is 64.1 Å². The van der Waals surface area contributed by atoms with Gasteiger partial charge in [-0.25, -0.2) is 9.37 Å². The molecule has 120 valence electrons. The van der Waals surface area contributed by atoms with Gasteiger partial charge in [-0.2, -0.15) is 0 Å². The molecule has 6 nitrogen and oxygen atoms in total. The van der Waals surface area contributed by atoms with Crippen LogP contribution >= 0.6 is 0 Å². The van der Waals surface area contributed by atoms with Gasteiger partial charge in [-0.1, -0.05) is 18.2 Å². The van der Waals surface area contributed by atoms with Crippen molar-refractivity contribution >= 4 is 11.5 Å². The van der Waals surface area contributed by atoms with Crippen LogP contribution in [0.15, 0.2) is 42.6 Å². The second-order valence-corrected chi connectivity index (χ2v) is 5.46. The number of nitrogens with zero attached hydrogens (tertiary/aromatic N) is 4. The molecule has 0 spiro atoms. The molecular weight excluding hydrogens is 299 g/mol. The zero-order valence-corrected chi connectivity index (χ0v) is 12.6. The molecule has 1 saturated heterocycles. The van der Waals surface area contributed by atoms with E-state index in [1.165, 1.54) is 12.1 Å². The Balaban J connectivity index is 1.65. The van der Waals surface area contributed by atoms with Crippen molar-refractivity contribution in [2.75, 3.05) is 31.1 Å². The van der Waals surface area contributed by atoms with Crippen molar-refractivity contribution in [3.63, 3.8) is 0 Å². The van der Waals surface area contributed by atoms with E-state index in [4.69, 9.17) is 0 Å². The van der Waals surface area contributed by atoms with Crippen LogP contribution in [0.4, 0.5) is 15.9 Å². The highest BCUT2D eigenvalue weighted by Crippen LogP contribution is 2.26. The highest BCUT2D eigenvalue weighted by molar-refractivity contribution is 5.57. The molecule has 2 heterocycles. The molecule has 0 N–H and O–H groups in total. The summed E-state index contributed by atoms with van der Waals surface area (Å²) in [6.07, 6.45) is 1.56. The molecule has 1 aromatic carbocycles. The van der Waals surface area contributed by atoms with Gasteiger partial charge in [-0.3, -0.25) is 15.0 Å². The zero-order chi connectivity index (χ0) is 16.2. The molecular formula is C16H17FN4O2. The van der Waals surface area contributed by atoms with E-state index in [0.29, 0.717) is 44.1 Å². The largest absolute Gasteiger partial charge is 0.348 e. The molecule has 0 amide bonds. The lowest BCUT2D eigenvalue weighted by molar-refractivity contribution is -0.384. The second kappa shape index (κ2) is 6.70. The van der Waals surface area contributed by atoms with Crippen molar-refractivity contribution < 1.29 is 9.31 Å². The average molecular weight is 316 g/mol. The van der Waals surface area contributed by atoms with E-state index in [9.17, 15) is 14.5 Å². The lowest BCUT2D eigenvalue weighted by atomic mass is 10.2. The van der Waals surface area contributed by atoms with Crippen molar-refractivity contribution in [3.8, 4) is 0 Å². The normalized spacial score (nSPS) is 15.6. The highest BCUT2D eigenvalue weighted by Gasteiger charge is 2.24. The van der Waals surface area contributed by atoms with Crippen LogP contribution < -0.4 is 4.90 Å². The van der Waals surface area contributed by atoms with E-state index in [1.807, 2.05) is 11.0 Å². The Labute approximate surface area is 133 Å². The monoisotopic (exact) mass is 316 g/mol. The number of anilines is 1. The van der Waals surface area contributed by atoms with E-state index in [1.54, 1.807) is 24.4 Å². The molecule has 0 unspecified atom stereocenters. The van der Waals surface area contributed by atoms with Gasteiger partial charge < -0.3 is 4.90 Å². The molecule has 3 rings (SSSR count). The van der Waals surface area contributed by atoms with Crippen LogP contribution in [-0.4, -0.2) is 41.0 Å². The lowest BCUT2D eigenvalue weighted by Gasteiger charge is -2.35. The maximum absolute atomic E-state index is 13.7. The van der Waals surface area contributed by atoms with Crippen LogP contribution in [0.5, 0.6) is 0 Å². The molecule has 7 heteroatoms. The Hall–Kier alpha value is -2.54. The number of benzene rings is 1. The van der Waals surface area contributed by atoms with Gasteiger partial charge in [-0.15, -0.1) is 0 Å². The minimum absolute atomic E-state index is 0.0232. The fraction of sp³-hybridized carbons (Fsp3) is 0.312. The average Bonchev–Trinajstić information content (AvgIpc) is 2.58. The van der Waals surface area contributed by atoms with Crippen LogP contribution in [0.25, 0.3) is 0 Å². The maximum atomic E-state index is 13.7. The summed E-state index contributed by atoms with van der Waals surface area (Å²) in [4.78, 5) is 18.9. The molecule has 2 aromatic rings. The summed E-state index contributed by atoms with van der Waals surface area (Å²) >= 11 is 0. The standard InChI is InChI=1S/C16H17FN4O2/c17-14-5-2-1-4-13(14)12-19-8-10-20(11-9-19)16-15(21(22)23)6-3-7-18-16/h1-7H,8-12H2. The van der Waals surface area contributed by atoms with E-state index in [2.05, 4.69) is 9.88 Å². The lowest BCUT2D eigenvalue weighted by Crippen LogP contribution is -2.46. The van der Waals surface area contributed by atoms with E-state index in [0.717, 1.165) is 0 Å². The molecule has 0 atom stereocenters. The molecule has 0 aliphatic carbocycles. The number of hydrogen-bond donors (Lipinski definition) is 0. The molecule has 1 aromatic heterocycles. The van der Waals surface area contributed by atoms with Gasteiger partial charge in [0.15, 0.2) is 0 Å².